The predicted molar refractivity (Wildman–Crippen MR) is 60.8 cm³/mol. The zero-order valence-corrected chi connectivity index (χ0v) is 8.90. The van der Waals surface area contributed by atoms with E-state index in [1.165, 1.54) is 16.6 Å². The van der Waals surface area contributed by atoms with Gasteiger partial charge in [0.2, 0.25) is 0 Å². The lowest BCUT2D eigenvalue weighted by Crippen LogP contribution is -2.13. The Balaban J connectivity index is 2.07. The average molecular weight is 201 g/mol. The number of fused-ring (bicyclic) bond motifs is 1. The van der Waals surface area contributed by atoms with Crippen LogP contribution in [0.15, 0.2) is 30.3 Å². The SMILES string of the molecule is Cn1c(CC2(O)CC2)cc2ccccc21. The number of aromatic nitrogens is 1. The van der Waals surface area contributed by atoms with Crippen LogP contribution in [-0.2, 0) is 13.5 Å². The Morgan fingerprint density at radius 3 is 2.73 bits per heavy atom. The van der Waals surface area contributed by atoms with Crippen molar-refractivity contribution in [1.82, 2.24) is 4.57 Å². The van der Waals surface area contributed by atoms with Crippen molar-refractivity contribution >= 4 is 10.9 Å². The van der Waals surface area contributed by atoms with E-state index in [1.807, 2.05) is 0 Å². The quantitative estimate of drug-likeness (QED) is 0.792. The molecule has 1 N–H and O–H groups in total. The van der Waals surface area contributed by atoms with Crippen LogP contribution in [0.25, 0.3) is 10.9 Å². The molecular weight excluding hydrogens is 186 g/mol. The number of hydrogen-bond acceptors (Lipinski definition) is 1. The fourth-order valence-corrected chi connectivity index (χ4v) is 2.17. The Labute approximate surface area is 89.1 Å². The molecule has 0 saturated heterocycles. The highest BCUT2D eigenvalue weighted by Crippen LogP contribution is 2.38. The summed E-state index contributed by atoms with van der Waals surface area (Å²) in [5, 5.41) is 11.2. The number of benzene rings is 1. The van der Waals surface area contributed by atoms with Crippen LogP contribution < -0.4 is 0 Å². The van der Waals surface area contributed by atoms with Gasteiger partial charge in [0.25, 0.3) is 0 Å². The number of rotatable bonds is 2. The fourth-order valence-electron chi connectivity index (χ4n) is 2.17. The second-order valence-corrected chi connectivity index (χ2v) is 4.65. The van der Waals surface area contributed by atoms with Gasteiger partial charge in [0.05, 0.1) is 5.60 Å². The third kappa shape index (κ3) is 1.45. The summed E-state index contributed by atoms with van der Waals surface area (Å²) < 4.78 is 2.19. The first-order chi connectivity index (χ1) is 7.18. The lowest BCUT2D eigenvalue weighted by molar-refractivity contribution is 0.149. The van der Waals surface area contributed by atoms with Gasteiger partial charge in [0.15, 0.2) is 0 Å². The summed E-state index contributed by atoms with van der Waals surface area (Å²) in [6.45, 7) is 0. The Morgan fingerprint density at radius 1 is 1.33 bits per heavy atom. The molecule has 1 aromatic carbocycles. The minimum Gasteiger partial charge on any atom is -0.389 e. The molecule has 1 saturated carbocycles. The van der Waals surface area contributed by atoms with Crippen LogP contribution in [0.3, 0.4) is 0 Å². The summed E-state index contributed by atoms with van der Waals surface area (Å²) in [6, 6.07) is 10.5. The number of aryl methyl sites for hydroxylation is 1. The minimum atomic E-state index is -0.401. The van der Waals surface area contributed by atoms with Crippen molar-refractivity contribution in [2.24, 2.45) is 7.05 Å². The van der Waals surface area contributed by atoms with Crippen LogP contribution in [0.1, 0.15) is 18.5 Å². The molecule has 1 aliphatic carbocycles. The summed E-state index contributed by atoms with van der Waals surface area (Å²) in [5.41, 5.74) is 2.08. The molecule has 78 valence electrons. The number of nitrogens with zero attached hydrogens (tertiary/aromatic N) is 1. The van der Waals surface area contributed by atoms with E-state index in [2.05, 4.69) is 41.9 Å². The molecule has 0 radical (unpaired) electrons. The van der Waals surface area contributed by atoms with Crippen molar-refractivity contribution < 1.29 is 5.11 Å². The van der Waals surface area contributed by atoms with E-state index in [1.54, 1.807) is 0 Å². The summed E-state index contributed by atoms with van der Waals surface area (Å²) in [7, 11) is 2.07. The van der Waals surface area contributed by atoms with Crippen LogP contribution in [0.4, 0.5) is 0 Å². The second-order valence-electron chi connectivity index (χ2n) is 4.65. The minimum absolute atomic E-state index is 0.401. The van der Waals surface area contributed by atoms with E-state index >= 15 is 0 Å². The maximum absolute atomic E-state index is 9.92. The van der Waals surface area contributed by atoms with Crippen molar-refractivity contribution in [2.45, 2.75) is 24.9 Å². The summed E-state index contributed by atoms with van der Waals surface area (Å²) in [5.74, 6) is 0. The highest BCUT2D eigenvalue weighted by molar-refractivity contribution is 5.81. The van der Waals surface area contributed by atoms with Gasteiger partial charge in [0.1, 0.15) is 0 Å². The Bertz CT molecular complexity index is 508. The second kappa shape index (κ2) is 2.86. The molecular formula is C13H15NO. The van der Waals surface area contributed by atoms with Crippen molar-refractivity contribution in [1.29, 1.82) is 0 Å². The molecule has 1 fully saturated rings. The van der Waals surface area contributed by atoms with Gasteiger partial charge >= 0.3 is 0 Å². The number of hydrogen-bond donors (Lipinski definition) is 1. The molecule has 2 aromatic rings. The largest absolute Gasteiger partial charge is 0.389 e. The number of aliphatic hydroxyl groups is 1. The normalized spacial score (nSPS) is 18.3. The maximum Gasteiger partial charge on any atom is 0.0704 e. The topological polar surface area (TPSA) is 25.2 Å². The Hall–Kier alpha value is -1.28. The first-order valence-electron chi connectivity index (χ1n) is 5.44. The Kier molecular flexibility index (Phi) is 1.71. The molecule has 0 bridgehead atoms. The molecule has 2 heteroatoms. The van der Waals surface area contributed by atoms with Gasteiger partial charge in [0, 0.05) is 24.7 Å². The lowest BCUT2D eigenvalue weighted by Gasteiger charge is -2.08. The van der Waals surface area contributed by atoms with Crippen LogP contribution in [0, 0.1) is 0 Å². The molecule has 15 heavy (non-hydrogen) atoms. The van der Waals surface area contributed by atoms with Gasteiger partial charge in [-0.3, -0.25) is 0 Å². The maximum atomic E-state index is 9.92. The standard InChI is InChI=1S/C13H15NO/c1-14-11(9-13(15)6-7-13)8-10-4-2-3-5-12(10)14/h2-5,8,15H,6-7,9H2,1H3. The van der Waals surface area contributed by atoms with Crippen LogP contribution in [0.5, 0.6) is 0 Å². The van der Waals surface area contributed by atoms with Gasteiger partial charge in [-0.15, -0.1) is 0 Å². The molecule has 0 spiro atoms. The van der Waals surface area contributed by atoms with E-state index < -0.39 is 5.60 Å². The zero-order chi connectivity index (χ0) is 10.5. The van der Waals surface area contributed by atoms with E-state index in [0.29, 0.717) is 0 Å². The molecule has 0 aliphatic heterocycles. The van der Waals surface area contributed by atoms with Gasteiger partial charge in [-0.05, 0) is 30.4 Å². The average Bonchev–Trinajstić information content (AvgIpc) is 2.87. The molecule has 0 amide bonds. The van der Waals surface area contributed by atoms with Crippen molar-refractivity contribution in [3.63, 3.8) is 0 Å². The predicted octanol–water partition coefficient (Wildman–Crippen LogP) is 2.25. The van der Waals surface area contributed by atoms with E-state index in [4.69, 9.17) is 0 Å². The molecule has 2 nitrogen and oxygen atoms in total. The third-order valence-corrected chi connectivity index (χ3v) is 3.39. The number of para-hydroxylation sites is 1. The fraction of sp³-hybridized carbons (Fsp3) is 0.385. The van der Waals surface area contributed by atoms with Gasteiger partial charge < -0.3 is 9.67 Å². The van der Waals surface area contributed by atoms with Gasteiger partial charge in [-0.1, -0.05) is 18.2 Å². The van der Waals surface area contributed by atoms with Crippen molar-refractivity contribution in [3.8, 4) is 0 Å². The zero-order valence-electron chi connectivity index (χ0n) is 8.90. The van der Waals surface area contributed by atoms with E-state index in [9.17, 15) is 5.11 Å². The van der Waals surface area contributed by atoms with Crippen LogP contribution in [0.2, 0.25) is 0 Å². The lowest BCUT2D eigenvalue weighted by atomic mass is 10.1. The van der Waals surface area contributed by atoms with Crippen molar-refractivity contribution in [2.75, 3.05) is 0 Å². The summed E-state index contributed by atoms with van der Waals surface area (Å²) in [6.07, 6.45) is 2.70. The van der Waals surface area contributed by atoms with Gasteiger partial charge in [-0.2, -0.15) is 0 Å². The van der Waals surface area contributed by atoms with Crippen molar-refractivity contribution in [3.05, 3.63) is 36.0 Å². The summed E-state index contributed by atoms with van der Waals surface area (Å²) in [4.78, 5) is 0. The Morgan fingerprint density at radius 2 is 2.07 bits per heavy atom. The first kappa shape index (κ1) is 8.98. The highest BCUT2D eigenvalue weighted by atomic mass is 16.3. The van der Waals surface area contributed by atoms with E-state index in [-0.39, 0.29) is 0 Å². The smallest absolute Gasteiger partial charge is 0.0704 e. The summed E-state index contributed by atoms with van der Waals surface area (Å²) >= 11 is 0. The molecule has 0 unspecified atom stereocenters. The molecule has 0 atom stereocenters. The molecule has 3 rings (SSSR count). The van der Waals surface area contributed by atoms with Crippen LogP contribution >= 0.6 is 0 Å². The molecule has 1 heterocycles. The molecule has 1 aromatic heterocycles. The van der Waals surface area contributed by atoms with Crippen LogP contribution in [-0.4, -0.2) is 15.3 Å². The third-order valence-electron chi connectivity index (χ3n) is 3.39. The molecule has 1 aliphatic rings. The monoisotopic (exact) mass is 201 g/mol. The van der Waals surface area contributed by atoms with E-state index in [0.717, 1.165) is 19.3 Å². The highest BCUT2D eigenvalue weighted by Gasteiger charge is 2.40. The first-order valence-corrected chi connectivity index (χ1v) is 5.44. The van der Waals surface area contributed by atoms with Gasteiger partial charge in [-0.25, -0.2) is 0 Å².